The van der Waals surface area contributed by atoms with Crippen LogP contribution in [0, 0.1) is 0 Å². The monoisotopic (exact) mass is 268 g/mol. The van der Waals surface area contributed by atoms with E-state index in [4.69, 9.17) is 4.74 Å². The van der Waals surface area contributed by atoms with E-state index in [1.54, 1.807) is 0 Å². The molecule has 0 aliphatic rings. The predicted octanol–water partition coefficient (Wildman–Crippen LogP) is 5.42. The molecular weight excluding hydrogens is 236 g/mol. The van der Waals surface area contributed by atoms with E-state index in [1.807, 2.05) is 0 Å². The van der Waals surface area contributed by atoms with Crippen LogP contribution in [0.2, 0.25) is 0 Å². The lowest BCUT2D eigenvalue weighted by atomic mass is 10.0. The SMILES string of the molecule is C=CC(=O)OC(CC)CCCCCCCCCCC. The van der Waals surface area contributed by atoms with Gasteiger partial charge in [-0.1, -0.05) is 71.8 Å². The van der Waals surface area contributed by atoms with Crippen LogP contribution in [-0.2, 0) is 9.53 Å². The van der Waals surface area contributed by atoms with Crippen molar-refractivity contribution in [2.45, 2.75) is 90.6 Å². The fraction of sp³-hybridized carbons (Fsp3) is 0.824. The molecule has 0 saturated heterocycles. The third-order valence-electron chi connectivity index (χ3n) is 3.53. The molecular formula is C17H32O2. The molecule has 0 aliphatic carbocycles. The minimum absolute atomic E-state index is 0.0788. The molecule has 19 heavy (non-hydrogen) atoms. The lowest BCUT2D eigenvalue weighted by Gasteiger charge is -2.14. The van der Waals surface area contributed by atoms with Gasteiger partial charge in [-0.3, -0.25) is 0 Å². The van der Waals surface area contributed by atoms with Gasteiger partial charge >= 0.3 is 5.97 Å². The van der Waals surface area contributed by atoms with E-state index >= 15 is 0 Å². The molecule has 0 rings (SSSR count). The molecule has 0 spiro atoms. The quantitative estimate of drug-likeness (QED) is 0.253. The zero-order chi connectivity index (χ0) is 14.3. The Hall–Kier alpha value is -0.790. The highest BCUT2D eigenvalue weighted by Crippen LogP contribution is 2.14. The molecule has 0 aromatic heterocycles. The first-order chi connectivity index (χ1) is 9.24. The highest BCUT2D eigenvalue weighted by molar-refractivity contribution is 5.81. The molecule has 1 unspecified atom stereocenters. The van der Waals surface area contributed by atoms with E-state index in [-0.39, 0.29) is 12.1 Å². The number of ether oxygens (including phenoxy) is 1. The van der Waals surface area contributed by atoms with Crippen molar-refractivity contribution in [1.82, 2.24) is 0 Å². The first-order valence-corrected chi connectivity index (χ1v) is 8.07. The summed E-state index contributed by atoms with van der Waals surface area (Å²) < 4.78 is 5.26. The molecule has 0 bridgehead atoms. The van der Waals surface area contributed by atoms with E-state index in [1.165, 1.54) is 57.4 Å². The number of hydrogen-bond acceptors (Lipinski definition) is 2. The van der Waals surface area contributed by atoms with Gasteiger partial charge in [0.05, 0.1) is 0 Å². The largest absolute Gasteiger partial charge is 0.459 e. The lowest BCUT2D eigenvalue weighted by Crippen LogP contribution is -2.15. The van der Waals surface area contributed by atoms with E-state index in [0.29, 0.717) is 0 Å². The normalized spacial score (nSPS) is 12.1. The van der Waals surface area contributed by atoms with Crippen molar-refractivity contribution in [3.8, 4) is 0 Å². The maximum Gasteiger partial charge on any atom is 0.330 e. The Kier molecular flexibility index (Phi) is 13.1. The third-order valence-corrected chi connectivity index (χ3v) is 3.53. The molecule has 0 radical (unpaired) electrons. The van der Waals surface area contributed by atoms with Gasteiger partial charge in [0.25, 0.3) is 0 Å². The van der Waals surface area contributed by atoms with Crippen molar-refractivity contribution in [3.05, 3.63) is 12.7 Å². The highest BCUT2D eigenvalue weighted by Gasteiger charge is 2.09. The van der Waals surface area contributed by atoms with Crippen molar-refractivity contribution >= 4 is 5.97 Å². The maximum absolute atomic E-state index is 11.1. The fourth-order valence-electron chi connectivity index (χ4n) is 2.24. The van der Waals surface area contributed by atoms with E-state index in [0.717, 1.165) is 19.3 Å². The Bertz CT molecular complexity index is 223. The molecule has 2 heteroatoms. The van der Waals surface area contributed by atoms with Gasteiger partial charge in [-0.2, -0.15) is 0 Å². The van der Waals surface area contributed by atoms with Crippen LogP contribution in [0.15, 0.2) is 12.7 Å². The summed E-state index contributed by atoms with van der Waals surface area (Å²) in [7, 11) is 0. The van der Waals surface area contributed by atoms with E-state index < -0.39 is 0 Å². The van der Waals surface area contributed by atoms with Crippen molar-refractivity contribution in [2.24, 2.45) is 0 Å². The molecule has 0 fully saturated rings. The van der Waals surface area contributed by atoms with Crippen molar-refractivity contribution in [1.29, 1.82) is 0 Å². The smallest absolute Gasteiger partial charge is 0.330 e. The van der Waals surface area contributed by atoms with Crippen molar-refractivity contribution in [2.75, 3.05) is 0 Å². The topological polar surface area (TPSA) is 26.3 Å². The second kappa shape index (κ2) is 13.6. The number of unbranched alkanes of at least 4 members (excludes halogenated alkanes) is 8. The third kappa shape index (κ3) is 12.0. The standard InChI is InChI=1S/C17H32O2/c1-4-7-8-9-10-11-12-13-14-15-16(5-2)19-17(18)6-3/h6,16H,3-5,7-15H2,1-2H3. The van der Waals surface area contributed by atoms with Crippen molar-refractivity contribution in [3.63, 3.8) is 0 Å². The molecule has 0 aromatic carbocycles. The average Bonchev–Trinajstić information content (AvgIpc) is 2.43. The number of carbonyl (C=O) groups excluding carboxylic acids is 1. The summed E-state index contributed by atoms with van der Waals surface area (Å²) in [5, 5.41) is 0. The zero-order valence-corrected chi connectivity index (χ0v) is 13.0. The van der Waals surface area contributed by atoms with Crippen LogP contribution >= 0.6 is 0 Å². The lowest BCUT2D eigenvalue weighted by molar-refractivity contribution is -0.143. The molecule has 112 valence electrons. The zero-order valence-electron chi connectivity index (χ0n) is 13.0. The Morgan fingerprint density at radius 1 is 1.00 bits per heavy atom. The minimum Gasteiger partial charge on any atom is -0.459 e. The van der Waals surface area contributed by atoms with Crippen LogP contribution in [0.1, 0.15) is 84.5 Å². The van der Waals surface area contributed by atoms with Gasteiger partial charge in [-0.05, 0) is 19.3 Å². The maximum atomic E-state index is 11.1. The van der Waals surface area contributed by atoms with Gasteiger partial charge in [0, 0.05) is 6.08 Å². The summed E-state index contributed by atoms with van der Waals surface area (Å²) in [5.41, 5.74) is 0. The van der Waals surface area contributed by atoms with Gasteiger partial charge in [-0.25, -0.2) is 4.79 Å². The Labute approximate surface area is 119 Å². The molecule has 0 saturated carbocycles. The van der Waals surface area contributed by atoms with E-state index in [9.17, 15) is 4.79 Å². The summed E-state index contributed by atoms with van der Waals surface area (Å²) in [6.45, 7) is 7.74. The van der Waals surface area contributed by atoms with Crippen LogP contribution in [0.3, 0.4) is 0 Å². The van der Waals surface area contributed by atoms with Crippen LogP contribution in [0.4, 0.5) is 0 Å². The molecule has 0 amide bonds. The molecule has 0 N–H and O–H groups in total. The summed E-state index contributed by atoms with van der Waals surface area (Å²) in [6.07, 6.45) is 15.2. The predicted molar refractivity (Wildman–Crippen MR) is 82.2 cm³/mol. The summed E-state index contributed by atoms with van der Waals surface area (Å²) in [4.78, 5) is 11.1. The number of hydrogen-bond donors (Lipinski definition) is 0. The molecule has 1 atom stereocenters. The van der Waals surface area contributed by atoms with Crippen LogP contribution in [-0.4, -0.2) is 12.1 Å². The number of carbonyl (C=O) groups is 1. The van der Waals surface area contributed by atoms with Gasteiger partial charge in [0.15, 0.2) is 0 Å². The van der Waals surface area contributed by atoms with Gasteiger partial charge < -0.3 is 4.74 Å². The van der Waals surface area contributed by atoms with Gasteiger partial charge in [-0.15, -0.1) is 0 Å². The molecule has 0 aliphatic heterocycles. The Morgan fingerprint density at radius 3 is 2.00 bits per heavy atom. The Morgan fingerprint density at radius 2 is 1.53 bits per heavy atom. The van der Waals surface area contributed by atoms with Crippen LogP contribution in [0.25, 0.3) is 0 Å². The first kappa shape index (κ1) is 18.2. The van der Waals surface area contributed by atoms with Crippen LogP contribution < -0.4 is 0 Å². The Balaban J connectivity index is 3.36. The molecule has 0 aromatic rings. The second-order valence-electron chi connectivity index (χ2n) is 5.29. The summed E-state index contributed by atoms with van der Waals surface area (Å²) in [6, 6.07) is 0. The van der Waals surface area contributed by atoms with Crippen LogP contribution in [0.5, 0.6) is 0 Å². The average molecular weight is 268 g/mol. The number of esters is 1. The second-order valence-corrected chi connectivity index (χ2v) is 5.29. The van der Waals surface area contributed by atoms with Crippen molar-refractivity contribution < 1.29 is 9.53 Å². The molecule has 0 heterocycles. The highest BCUT2D eigenvalue weighted by atomic mass is 16.5. The molecule has 2 nitrogen and oxygen atoms in total. The first-order valence-electron chi connectivity index (χ1n) is 8.07. The van der Waals surface area contributed by atoms with Gasteiger partial charge in [0.2, 0.25) is 0 Å². The fourth-order valence-corrected chi connectivity index (χ4v) is 2.24. The number of rotatable bonds is 13. The summed E-state index contributed by atoms with van der Waals surface area (Å²) in [5.74, 6) is -0.289. The van der Waals surface area contributed by atoms with E-state index in [2.05, 4.69) is 20.4 Å². The van der Waals surface area contributed by atoms with Gasteiger partial charge in [0.1, 0.15) is 6.10 Å². The minimum atomic E-state index is -0.289. The summed E-state index contributed by atoms with van der Waals surface area (Å²) >= 11 is 0.